The van der Waals surface area contributed by atoms with E-state index in [4.69, 9.17) is 10.2 Å². The van der Waals surface area contributed by atoms with E-state index in [0.717, 1.165) is 13.0 Å². The molecule has 72 valence electrons. The zero-order valence-electron chi connectivity index (χ0n) is 7.73. The van der Waals surface area contributed by atoms with Crippen molar-refractivity contribution in [1.82, 2.24) is 10.2 Å². The van der Waals surface area contributed by atoms with Crippen molar-refractivity contribution in [2.24, 2.45) is 0 Å². The van der Waals surface area contributed by atoms with Crippen molar-refractivity contribution in [3.05, 3.63) is 0 Å². The molecule has 1 heterocycles. The van der Waals surface area contributed by atoms with Crippen LogP contribution >= 0.6 is 0 Å². The summed E-state index contributed by atoms with van der Waals surface area (Å²) in [5.41, 5.74) is 5.37. The molecule has 0 radical (unpaired) electrons. The summed E-state index contributed by atoms with van der Waals surface area (Å²) in [6.07, 6.45) is 3.53. The molecule has 0 saturated heterocycles. The van der Waals surface area contributed by atoms with Crippen LogP contribution in [0.25, 0.3) is 0 Å². The summed E-state index contributed by atoms with van der Waals surface area (Å²) in [6, 6.07) is 1.32. The summed E-state index contributed by atoms with van der Waals surface area (Å²) in [6.45, 7) is 3.10. The van der Waals surface area contributed by atoms with Gasteiger partial charge in [0.2, 0.25) is 0 Å². The molecule has 0 amide bonds. The summed E-state index contributed by atoms with van der Waals surface area (Å²) in [7, 11) is 0. The molecule has 0 aliphatic heterocycles. The zero-order chi connectivity index (χ0) is 9.26. The van der Waals surface area contributed by atoms with E-state index < -0.39 is 0 Å². The standard InChI is InChI=1S/C8H14N4O/c1-2-5-12(6-3-4-6)8-11-10-7(9)13-8/h6H,2-5H2,1H3,(H2,9,10). The summed E-state index contributed by atoms with van der Waals surface area (Å²) in [5, 5.41) is 7.53. The fourth-order valence-corrected chi connectivity index (χ4v) is 1.40. The van der Waals surface area contributed by atoms with E-state index in [1.54, 1.807) is 0 Å². The second-order valence-electron chi connectivity index (χ2n) is 3.35. The average Bonchev–Trinajstić information content (AvgIpc) is 2.85. The minimum atomic E-state index is 0.150. The van der Waals surface area contributed by atoms with E-state index in [1.807, 2.05) is 0 Å². The molecule has 5 heteroatoms. The third-order valence-electron chi connectivity index (χ3n) is 2.13. The molecule has 1 fully saturated rings. The lowest BCUT2D eigenvalue weighted by Gasteiger charge is -2.17. The number of rotatable bonds is 4. The molecule has 0 aromatic carbocycles. The average molecular weight is 182 g/mol. The molecule has 1 aliphatic rings. The molecule has 2 N–H and O–H groups in total. The maximum absolute atomic E-state index is 5.37. The van der Waals surface area contributed by atoms with Crippen LogP contribution in [0, 0.1) is 0 Å². The van der Waals surface area contributed by atoms with E-state index in [9.17, 15) is 0 Å². The van der Waals surface area contributed by atoms with Gasteiger partial charge in [-0.25, -0.2) is 0 Å². The Morgan fingerprint density at radius 3 is 2.77 bits per heavy atom. The van der Waals surface area contributed by atoms with Crippen LogP contribution in [-0.2, 0) is 0 Å². The fraction of sp³-hybridized carbons (Fsp3) is 0.750. The van der Waals surface area contributed by atoms with Crippen molar-refractivity contribution in [1.29, 1.82) is 0 Å². The Bertz CT molecular complexity index is 281. The molecule has 1 aliphatic carbocycles. The minimum absolute atomic E-state index is 0.150. The predicted octanol–water partition coefficient (Wildman–Crippen LogP) is 1.03. The van der Waals surface area contributed by atoms with E-state index in [2.05, 4.69) is 22.0 Å². The highest BCUT2D eigenvalue weighted by Crippen LogP contribution is 2.31. The molecule has 0 spiro atoms. The normalized spacial score (nSPS) is 16.1. The van der Waals surface area contributed by atoms with Crippen LogP contribution in [0.15, 0.2) is 4.42 Å². The Labute approximate surface area is 76.9 Å². The molecule has 0 atom stereocenters. The maximum atomic E-state index is 5.37. The quantitative estimate of drug-likeness (QED) is 0.753. The number of nitrogen functional groups attached to an aromatic ring is 1. The van der Waals surface area contributed by atoms with Gasteiger partial charge in [-0.15, -0.1) is 0 Å². The van der Waals surface area contributed by atoms with Gasteiger partial charge in [0.25, 0.3) is 0 Å². The van der Waals surface area contributed by atoms with Crippen molar-refractivity contribution < 1.29 is 4.42 Å². The Morgan fingerprint density at radius 2 is 2.31 bits per heavy atom. The highest BCUT2D eigenvalue weighted by Gasteiger charge is 2.31. The topological polar surface area (TPSA) is 68.2 Å². The van der Waals surface area contributed by atoms with Gasteiger partial charge in [0.05, 0.1) is 0 Å². The highest BCUT2D eigenvalue weighted by molar-refractivity contribution is 5.31. The van der Waals surface area contributed by atoms with Crippen LogP contribution in [0.3, 0.4) is 0 Å². The van der Waals surface area contributed by atoms with Gasteiger partial charge in [-0.2, -0.15) is 0 Å². The van der Waals surface area contributed by atoms with E-state index >= 15 is 0 Å². The molecular formula is C8H14N4O. The van der Waals surface area contributed by atoms with E-state index in [1.165, 1.54) is 12.8 Å². The molecule has 0 unspecified atom stereocenters. The summed E-state index contributed by atoms with van der Waals surface area (Å²) >= 11 is 0. The van der Waals surface area contributed by atoms with Crippen LogP contribution in [0.2, 0.25) is 0 Å². The Hall–Kier alpha value is -1.26. The lowest BCUT2D eigenvalue weighted by molar-refractivity contribution is 0.542. The first-order valence-corrected chi connectivity index (χ1v) is 4.67. The smallest absolute Gasteiger partial charge is 0.319 e. The summed E-state index contributed by atoms with van der Waals surface area (Å²) in [4.78, 5) is 2.14. The van der Waals surface area contributed by atoms with Crippen LogP contribution in [0.5, 0.6) is 0 Å². The predicted molar refractivity (Wildman–Crippen MR) is 49.4 cm³/mol. The van der Waals surface area contributed by atoms with Gasteiger partial charge in [0, 0.05) is 12.6 Å². The lowest BCUT2D eigenvalue weighted by Crippen LogP contribution is -2.26. The molecular weight excluding hydrogens is 168 g/mol. The zero-order valence-corrected chi connectivity index (χ0v) is 7.73. The molecule has 2 rings (SSSR count). The largest absolute Gasteiger partial charge is 0.390 e. The van der Waals surface area contributed by atoms with Gasteiger partial charge < -0.3 is 15.1 Å². The van der Waals surface area contributed by atoms with Crippen molar-refractivity contribution in [3.8, 4) is 0 Å². The van der Waals surface area contributed by atoms with Gasteiger partial charge in [-0.05, 0) is 19.3 Å². The van der Waals surface area contributed by atoms with Crippen LogP contribution in [0.4, 0.5) is 12.0 Å². The van der Waals surface area contributed by atoms with Gasteiger partial charge in [-0.3, -0.25) is 0 Å². The van der Waals surface area contributed by atoms with Crippen molar-refractivity contribution in [2.75, 3.05) is 17.2 Å². The van der Waals surface area contributed by atoms with Gasteiger partial charge in [0.1, 0.15) is 0 Å². The Kier molecular flexibility index (Phi) is 2.08. The first-order valence-electron chi connectivity index (χ1n) is 4.67. The van der Waals surface area contributed by atoms with Gasteiger partial charge in [0.15, 0.2) is 0 Å². The van der Waals surface area contributed by atoms with E-state index in [-0.39, 0.29) is 6.01 Å². The third-order valence-corrected chi connectivity index (χ3v) is 2.13. The molecule has 1 saturated carbocycles. The Balaban J connectivity index is 2.10. The lowest BCUT2D eigenvalue weighted by atomic mass is 10.4. The molecule has 0 bridgehead atoms. The Morgan fingerprint density at radius 1 is 1.54 bits per heavy atom. The SMILES string of the molecule is CCCN(c1nnc(N)o1)C1CC1. The number of nitrogens with zero attached hydrogens (tertiary/aromatic N) is 3. The van der Waals surface area contributed by atoms with Gasteiger partial charge in [-0.1, -0.05) is 17.1 Å². The van der Waals surface area contributed by atoms with Crippen LogP contribution in [0.1, 0.15) is 26.2 Å². The first kappa shape index (κ1) is 8.34. The third kappa shape index (κ3) is 1.74. The van der Waals surface area contributed by atoms with Crippen molar-refractivity contribution >= 4 is 12.0 Å². The molecule has 1 aromatic rings. The summed E-state index contributed by atoms with van der Waals surface area (Å²) in [5.74, 6) is 0. The second kappa shape index (κ2) is 3.24. The fourth-order valence-electron chi connectivity index (χ4n) is 1.40. The molecule has 1 aromatic heterocycles. The van der Waals surface area contributed by atoms with Crippen LogP contribution in [-0.4, -0.2) is 22.8 Å². The van der Waals surface area contributed by atoms with E-state index in [0.29, 0.717) is 12.1 Å². The number of anilines is 2. The number of hydrogen-bond donors (Lipinski definition) is 1. The number of nitrogens with two attached hydrogens (primary N) is 1. The minimum Gasteiger partial charge on any atom is -0.390 e. The number of hydrogen-bond acceptors (Lipinski definition) is 5. The molecule has 5 nitrogen and oxygen atoms in total. The van der Waals surface area contributed by atoms with Gasteiger partial charge >= 0.3 is 12.0 Å². The van der Waals surface area contributed by atoms with Crippen molar-refractivity contribution in [3.63, 3.8) is 0 Å². The monoisotopic (exact) mass is 182 g/mol. The summed E-state index contributed by atoms with van der Waals surface area (Å²) < 4.78 is 5.18. The highest BCUT2D eigenvalue weighted by atomic mass is 16.4. The number of aromatic nitrogens is 2. The maximum Gasteiger partial charge on any atom is 0.319 e. The van der Waals surface area contributed by atoms with Crippen molar-refractivity contribution in [2.45, 2.75) is 32.2 Å². The first-order chi connectivity index (χ1) is 6.31. The molecule has 13 heavy (non-hydrogen) atoms. The van der Waals surface area contributed by atoms with Crippen LogP contribution < -0.4 is 10.6 Å². The second-order valence-corrected chi connectivity index (χ2v) is 3.35.